The molecular formula is C17H11ClF3N3O4. The Morgan fingerprint density at radius 2 is 1.75 bits per heavy atom. The number of halogens is 4. The van der Waals surface area contributed by atoms with Crippen LogP contribution in [-0.2, 0) is 5.72 Å². The lowest BCUT2D eigenvalue weighted by Gasteiger charge is -2.31. The summed E-state index contributed by atoms with van der Waals surface area (Å²) in [5.74, 6) is -0.989. The Labute approximate surface area is 160 Å². The topological polar surface area (TPSA) is 96.0 Å². The van der Waals surface area contributed by atoms with Gasteiger partial charge in [-0.2, -0.15) is 23.3 Å². The van der Waals surface area contributed by atoms with Crippen LogP contribution in [0.1, 0.15) is 22.3 Å². The Balaban J connectivity index is 2.05. The predicted molar refractivity (Wildman–Crippen MR) is 92.7 cm³/mol. The lowest BCUT2D eigenvalue weighted by atomic mass is 9.96. The maximum absolute atomic E-state index is 13.2. The molecule has 0 bridgehead atoms. The highest BCUT2D eigenvalue weighted by Gasteiger charge is 2.53. The van der Waals surface area contributed by atoms with Gasteiger partial charge in [-0.3, -0.25) is 14.9 Å². The van der Waals surface area contributed by atoms with Crippen molar-refractivity contribution in [2.45, 2.75) is 18.3 Å². The van der Waals surface area contributed by atoms with Gasteiger partial charge in [-0.05, 0) is 36.4 Å². The van der Waals surface area contributed by atoms with Crippen LogP contribution in [-0.4, -0.2) is 32.8 Å². The van der Waals surface area contributed by atoms with Crippen molar-refractivity contribution in [2.75, 3.05) is 0 Å². The summed E-state index contributed by atoms with van der Waals surface area (Å²) in [6.45, 7) is 0. The van der Waals surface area contributed by atoms with Crippen LogP contribution in [0.4, 0.5) is 18.9 Å². The molecule has 1 N–H and O–H groups in total. The molecule has 0 fully saturated rings. The van der Waals surface area contributed by atoms with Crippen molar-refractivity contribution in [1.29, 1.82) is 0 Å². The number of hydrazone groups is 1. The normalized spacial score (nSPS) is 19.5. The molecule has 7 nitrogen and oxygen atoms in total. The Hall–Kier alpha value is -2.98. The minimum Gasteiger partial charge on any atom is -0.365 e. The molecule has 2 aromatic carbocycles. The van der Waals surface area contributed by atoms with Crippen molar-refractivity contribution >= 4 is 28.9 Å². The third-order valence-electron chi connectivity index (χ3n) is 4.14. The molecule has 1 atom stereocenters. The van der Waals surface area contributed by atoms with Crippen molar-refractivity contribution in [3.8, 4) is 0 Å². The quantitative estimate of drug-likeness (QED) is 0.610. The Morgan fingerprint density at radius 3 is 2.25 bits per heavy atom. The summed E-state index contributed by atoms with van der Waals surface area (Å²) in [6, 6.07) is 9.48. The highest BCUT2D eigenvalue weighted by atomic mass is 35.5. The molecule has 0 saturated carbocycles. The number of amides is 1. The molecule has 1 amide bonds. The lowest BCUT2D eigenvalue weighted by Crippen LogP contribution is -2.43. The van der Waals surface area contributed by atoms with E-state index in [1.54, 1.807) is 0 Å². The van der Waals surface area contributed by atoms with E-state index in [0.29, 0.717) is 10.0 Å². The van der Waals surface area contributed by atoms with Gasteiger partial charge in [0.1, 0.15) is 5.71 Å². The van der Waals surface area contributed by atoms with Crippen LogP contribution >= 0.6 is 11.6 Å². The SMILES string of the molecule is O=C(c1ccc(Cl)cc1)N1N=C(C(F)(F)F)C[C@@]1(O)c1ccc([N+](=O)[O-])cc1. The summed E-state index contributed by atoms with van der Waals surface area (Å²) in [5, 5.41) is 25.7. The number of nitrogens with zero attached hydrogens (tertiary/aromatic N) is 3. The standard InChI is InChI=1S/C17H11ClF3N3O4/c18-12-5-1-10(2-6-12)15(25)23-16(26,9-14(22-23)17(19,20)21)11-3-7-13(8-4-11)24(27)28/h1-8,26H,9H2/t16-/m1/s1. The van der Waals surface area contributed by atoms with Crippen molar-refractivity contribution in [1.82, 2.24) is 5.01 Å². The van der Waals surface area contributed by atoms with Crippen LogP contribution in [0, 0.1) is 10.1 Å². The second-order valence-electron chi connectivity index (χ2n) is 5.97. The third kappa shape index (κ3) is 3.56. The molecule has 2 aromatic rings. The van der Waals surface area contributed by atoms with Crippen LogP contribution in [0.3, 0.4) is 0 Å². The number of hydrogen-bond donors (Lipinski definition) is 1. The summed E-state index contributed by atoms with van der Waals surface area (Å²) >= 11 is 5.75. The minimum atomic E-state index is -4.87. The van der Waals surface area contributed by atoms with E-state index in [4.69, 9.17) is 11.6 Å². The average Bonchev–Trinajstić information content (AvgIpc) is 3.01. The van der Waals surface area contributed by atoms with Crippen LogP contribution in [0.15, 0.2) is 53.6 Å². The molecule has 0 aliphatic carbocycles. The molecule has 0 saturated heterocycles. The van der Waals surface area contributed by atoms with E-state index in [-0.39, 0.29) is 16.8 Å². The van der Waals surface area contributed by atoms with Crippen molar-refractivity contribution in [3.63, 3.8) is 0 Å². The fourth-order valence-corrected chi connectivity index (χ4v) is 2.83. The van der Waals surface area contributed by atoms with Gasteiger partial charge in [0.15, 0.2) is 5.72 Å². The van der Waals surface area contributed by atoms with Crippen LogP contribution in [0.2, 0.25) is 5.02 Å². The number of nitro benzene ring substituents is 1. The van der Waals surface area contributed by atoms with Gasteiger partial charge in [-0.25, -0.2) is 0 Å². The summed E-state index contributed by atoms with van der Waals surface area (Å²) in [6.07, 6.45) is -5.89. The van der Waals surface area contributed by atoms with Crippen LogP contribution in [0.5, 0.6) is 0 Å². The van der Waals surface area contributed by atoms with Gasteiger partial charge < -0.3 is 5.11 Å². The van der Waals surface area contributed by atoms with Crippen LogP contribution in [0.25, 0.3) is 0 Å². The first kappa shape index (κ1) is 19.8. The van der Waals surface area contributed by atoms with E-state index in [1.165, 1.54) is 24.3 Å². The fourth-order valence-electron chi connectivity index (χ4n) is 2.71. The van der Waals surface area contributed by atoms with E-state index in [2.05, 4.69) is 5.10 Å². The van der Waals surface area contributed by atoms with E-state index in [9.17, 15) is 33.2 Å². The Morgan fingerprint density at radius 1 is 1.18 bits per heavy atom. The minimum absolute atomic E-state index is 0.0445. The van der Waals surface area contributed by atoms with E-state index >= 15 is 0 Å². The van der Waals surface area contributed by atoms with Gasteiger partial charge in [0, 0.05) is 28.3 Å². The Bertz CT molecular complexity index is 961. The molecule has 1 heterocycles. The van der Waals surface area contributed by atoms with Crippen LogP contribution < -0.4 is 0 Å². The molecule has 1 aliphatic heterocycles. The number of alkyl halides is 3. The maximum atomic E-state index is 13.2. The smallest absolute Gasteiger partial charge is 0.365 e. The molecule has 3 rings (SSSR count). The van der Waals surface area contributed by atoms with E-state index in [1.807, 2.05) is 0 Å². The number of carbonyl (C=O) groups excluding carboxylic acids is 1. The number of rotatable bonds is 3. The number of hydrogen-bond acceptors (Lipinski definition) is 5. The molecular weight excluding hydrogens is 403 g/mol. The zero-order valence-corrected chi connectivity index (χ0v) is 14.6. The van der Waals surface area contributed by atoms with Crippen molar-refractivity contribution < 1.29 is 28.0 Å². The lowest BCUT2D eigenvalue weighted by molar-refractivity contribution is -0.384. The maximum Gasteiger partial charge on any atom is 0.431 e. The molecule has 0 aromatic heterocycles. The predicted octanol–water partition coefficient (Wildman–Crippen LogP) is 3.86. The fraction of sp³-hybridized carbons (Fsp3) is 0.176. The van der Waals surface area contributed by atoms with Gasteiger partial charge in [0.25, 0.3) is 11.6 Å². The van der Waals surface area contributed by atoms with Gasteiger partial charge in [0.05, 0.1) is 11.3 Å². The van der Waals surface area contributed by atoms with Crippen molar-refractivity contribution in [3.05, 3.63) is 74.8 Å². The number of aliphatic hydroxyl groups is 1. The monoisotopic (exact) mass is 413 g/mol. The van der Waals surface area contributed by atoms with E-state index in [0.717, 1.165) is 24.3 Å². The largest absolute Gasteiger partial charge is 0.431 e. The number of benzene rings is 2. The first-order valence-electron chi connectivity index (χ1n) is 7.74. The number of non-ortho nitro benzene ring substituents is 1. The number of nitro groups is 1. The molecule has 11 heteroatoms. The third-order valence-corrected chi connectivity index (χ3v) is 4.39. The zero-order valence-electron chi connectivity index (χ0n) is 13.9. The highest BCUT2D eigenvalue weighted by molar-refractivity contribution is 6.30. The summed E-state index contributed by atoms with van der Waals surface area (Å²) < 4.78 is 39.6. The second-order valence-corrected chi connectivity index (χ2v) is 6.40. The Kier molecular flexibility index (Phi) is 4.86. The first-order valence-corrected chi connectivity index (χ1v) is 8.12. The molecule has 146 valence electrons. The van der Waals surface area contributed by atoms with Gasteiger partial charge in [-0.1, -0.05) is 11.6 Å². The average molecular weight is 414 g/mol. The molecule has 0 unspecified atom stereocenters. The molecule has 1 aliphatic rings. The summed E-state index contributed by atoms with van der Waals surface area (Å²) in [4.78, 5) is 22.8. The molecule has 0 radical (unpaired) electrons. The molecule has 0 spiro atoms. The zero-order chi connectivity index (χ0) is 20.7. The van der Waals surface area contributed by atoms with Gasteiger partial charge in [-0.15, -0.1) is 0 Å². The second kappa shape index (κ2) is 6.88. The highest BCUT2D eigenvalue weighted by Crippen LogP contribution is 2.40. The number of carbonyl (C=O) groups is 1. The van der Waals surface area contributed by atoms with E-state index < -0.39 is 34.9 Å². The summed E-state index contributed by atoms with van der Waals surface area (Å²) in [7, 11) is 0. The van der Waals surface area contributed by atoms with Crippen molar-refractivity contribution in [2.24, 2.45) is 5.10 Å². The summed E-state index contributed by atoms with van der Waals surface area (Å²) in [5.41, 5.74) is -4.33. The van der Waals surface area contributed by atoms with Gasteiger partial charge in [0.2, 0.25) is 0 Å². The van der Waals surface area contributed by atoms with Gasteiger partial charge >= 0.3 is 6.18 Å². The molecule has 28 heavy (non-hydrogen) atoms. The first-order chi connectivity index (χ1) is 13.0.